The number of carbonyl (C=O) groups excluding carboxylic acids is 2. The van der Waals surface area contributed by atoms with Crippen molar-refractivity contribution in [3.05, 3.63) is 47.5 Å². The Morgan fingerprint density at radius 2 is 1.47 bits per heavy atom. The van der Waals surface area contributed by atoms with Gasteiger partial charge in [-0.05, 0) is 46.5 Å². The van der Waals surface area contributed by atoms with Crippen molar-refractivity contribution in [1.82, 2.24) is 10.6 Å². The van der Waals surface area contributed by atoms with Crippen molar-refractivity contribution in [2.45, 2.75) is 43.5 Å². The molecule has 11 nitrogen and oxygen atoms in total. The first-order valence-electron chi connectivity index (χ1n) is 10.7. The highest BCUT2D eigenvalue weighted by atomic mass is 35.5. The van der Waals surface area contributed by atoms with Crippen molar-refractivity contribution in [1.29, 1.82) is 0 Å². The van der Waals surface area contributed by atoms with Gasteiger partial charge in [0.1, 0.15) is 23.6 Å². The number of amides is 2. The average Bonchev–Trinajstić information content (AvgIpc) is 2.79. The molecule has 0 saturated heterocycles. The second kappa shape index (κ2) is 13.3. The maximum atomic E-state index is 12.9. The van der Waals surface area contributed by atoms with Crippen LogP contribution in [-0.2, 0) is 27.2 Å². The third-order valence-corrected chi connectivity index (χ3v) is 5.72. The summed E-state index contributed by atoms with van der Waals surface area (Å²) in [5, 5.41) is 45.0. The standard InChI is InChI=1S/C23H28N4O7.2ClH/c24-10-15(28)9-17-22(32)27-18(23(33)34)8-14-6-12(2-4-20(14)30)11-1-3-19(29)13(5-11)7-16(25)21(31)26-17;;/h1-6,15-18,28-30H,7-10,24-25H2,(H,26,31)(H,27,32)(H,33,34);2*1H/t15-,16+,17+,18+;;/m1../s1. The van der Waals surface area contributed by atoms with Crippen molar-refractivity contribution >= 4 is 42.6 Å². The molecule has 4 bridgehead atoms. The summed E-state index contributed by atoms with van der Waals surface area (Å²) >= 11 is 0. The molecule has 2 aromatic rings. The fourth-order valence-corrected chi connectivity index (χ4v) is 3.76. The van der Waals surface area contributed by atoms with Gasteiger partial charge in [-0.3, -0.25) is 9.59 Å². The summed E-state index contributed by atoms with van der Waals surface area (Å²) in [6.45, 7) is -0.185. The summed E-state index contributed by atoms with van der Waals surface area (Å²) in [5.74, 6) is -3.16. The minimum atomic E-state index is -1.43. The number of aliphatic hydroxyl groups excluding tert-OH is 1. The van der Waals surface area contributed by atoms with E-state index in [4.69, 9.17) is 11.5 Å². The predicted octanol–water partition coefficient (Wildman–Crippen LogP) is -0.202. The monoisotopic (exact) mass is 544 g/mol. The lowest BCUT2D eigenvalue weighted by Crippen LogP contribution is -2.56. The van der Waals surface area contributed by atoms with Gasteiger partial charge in [-0.25, -0.2) is 4.79 Å². The molecule has 36 heavy (non-hydrogen) atoms. The minimum absolute atomic E-state index is 0. The van der Waals surface area contributed by atoms with Crippen molar-refractivity contribution in [3.63, 3.8) is 0 Å². The molecule has 1 heterocycles. The first-order chi connectivity index (χ1) is 16.1. The molecule has 4 atom stereocenters. The van der Waals surface area contributed by atoms with Crippen LogP contribution in [0.5, 0.6) is 11.5 Å². The Morgan fingerprint density at radius 1 is 0.944 bits per heavy atom. The Balaban J connectivity index is 0.00000324. The summed E-state index contributed by atoms with van der Waals surface area (Å²) in [6.07, 6.45) is -1.71. The van der Waals surface area contributed by atoms with Crippen LogP contribution >= 0.6 is 24.8 Å². The summed E-state index contributed by atoms with van der Waals surface area (Å²) in [4.78, 5) is 37.5. The second-order valence-electron chi connectivity index (χ2n) is 8.29. The van der Waals surface area contributed by atoms with Crippen LogP contribution in [0.3, 0.4) is 0 Å². The van der Waals surface area contributed by atoms with E-state index >= 15 is 0 Å². The Labute approximate surface area is 219 Å². The molecule has 0 aliphatic carbocycles. The Bertz CT molecular complexity index is 1100. The first-order valence-corrected chi connectivity index (χ1v) is 10.7. The SMILES string of the molecule is Cl.Cl.NC[C@H](O)C[C@@H]1NC(=O)[C@@H](N)Cc2cc(ccc2O)-c2ccc(O)c(c2)C[C@@H](C(=O)O)NC1=O. The van der Waals surface area contributed by atoms with Crippen LogP contribution in [0.2, 0.25) is 0 Å². The van der Waals surface area contributed by atoms with Gasteiger partial charge in [0.2, 0.25) is 11.8 Å². The van der Waals surface area contributed by atoms with Crippen LogP contribution in [0.15, 0.2) is 36.4 Å². The zero-order valence-corrected chi connectivity index (χ0v) is 20.7. The average molecular weight is 545 g/mol. The lowest BCUT2D eigenvalue weighted by atomic mass is 9.95. The van der Waals surface area contributed by atoms with E-state index in [1.807, 2.05) is 0 Å². The van der Waals surface area contributed by atoms with Crippen LogP contribution in [0.1, 0.15) is 17.5 Å². The number of hydrogen-bond acceptors (Lipinski definition) is 8. The third kappa shape index (κ3) is 7.45. The number of fused-ring (bicyclic) bond motifs is 5. The first kappa shape index (κ1) is 30.9. The van der Waals surface area contributed by atoms with Crippen molar-refractivity contribution in [3.8, 4) is 22.6 Å². The van der Waals surface area contributed by atoms with E-state index in [2.05, 4.69) is 10.6 Å². The number of rotatable bonds is 4. The lowest BCUT2D eigenvalue weighted by molar-refractivity contribution is -0.142. The van der Waals surface area contributed by atoms with Gasteiger partial charge >= 0.3 is 5.97 Å². The fraction of sp³-hybridized carbons (Fsp3) is 0.348. The number of benzene rings is 2. The number of aromatic hydroxyl groups is 2. The maximum absolute atomic E-state index is 12.9. The van der Waals surface area contributed by atoms with E-state index in [0.717, 1.165) is 0 Å². The number of nitrogens with two attached hydrogens (primary N) is 2. The number of carboxylic acid groups (broad SMARTS) is 1. The van der Waals surface area contributed by atoms with Crippen molar-refractivity contribution in [2.75, 3.05) is 6.54 Å². The van der Waals surface area contributed by atoms with Gasteiger partial charge in [0.05, 0.1) is 12.1 Å². The highest BCUT2D eigenvalue weighted by Gasteiger charge is 2.30. The number of hydrogen-bond donors (Lipinski definition) is 8. The Hall–Kier alpha value is -3.09. The number of phenolic OH excluding ortho intramolecular Hbond substituents is 2. The van der Waals surface area contributed by atoms with E-state index in [1.165, 1.54) is 12.1 Å². The van der Waals surface area contributed by atoms with E-state index in [1.54, 1.807) is 24.3 Å². The zero-order chi connectivity index (χ0) is 25.0. The van der Waals surface area contributed by atoms with Gasteiger partial charge in [-0.2, -0.15) is 0 Å². The molecule has 1 aliphatic heterocycles. The van der Waals surface area contributed by atoms with E-state index in [9.17, 15) is 34.8 Å². The highest BCUT2D eigenvalue weighted by Crippen LogP contribution is 2.30. The molecule has 3 rings (SSSR count). The molecule has 0 aromatic heterocycles. The largest absolute Gasteiger partial charge is 0.508 e. The van der Waals surface area contributed by atoms with Crippen LogP contribution in [0, 0.1) is 0 Å². The number of aliphatic hydroxyl groups is 1. The molecular formula is C23H30Cl2N4O7. The number of halogens is 2. The second-order valence-corrected chi connectivity index (χ2v) is 8.29. The maximum Gasteiger partial charge on any atom is 0.326 e. The number of carbonyl (C=O) groups is 3. The minimum Gasteiger partial charge on any atom is -0.508 e. The topological polar surface area (TPSA) is 208 Å². The Morgan fingerprint density at radius 3 is 1.97 bits per heavy atom. The number of phenols is 2. The summed E-state index contributed by atoms with van der Waals surface area (Å²) in [6, 6.07) is 5.46. The van der Waals surface area contributed by atoms with Crippen LogP contribution in [0.25, 0.3) is 11.1 Å². The van der Waals surface area contributed by atoms with Crippen molar-refractivity contribution in [2.24, 2.45) is 11.5 Å². The molecule has 2 amide bonds. The smallest absolute Gasteiger partial charge is 0.326 e. The van der Waals surface area contributed by atoms with Crippen LogP contribution in [-0.4, -0.2) is 69.0 Å². The molecule has 0 fully saturated rings. The zero-order valence-electron chi connectivity index (χ0n) is 19.1. The number of aliphatic carboxylic acids is 1. The molecule has 0 spiro atoms. The van der Waals surface area contributed by atoms with Crippen LogP contribution < -0.4 is 22.1 Å². The molecular weight excluding hydrogens is 515 g/mol. The third-order valence-electron chi connectivity index (χ3n) is 5.72. The summed E-state index contributed by atoms with van der Waals surface area (Å²) in [5.41, 5.74) is 13.4. The van der Waals surface area contributed by atoms with Crippen LogP contribution in [0.4, 0.5) is 0 Å². The van der Waals surface area contributed by atoms with Gasteiger partial charge in [-0.1, -0.05) is 12.1 Å². The van der Waals surface area contributed by atoms with Gasteiger partial charge in [0, 0.05) is 25.8 Å². The van der Waals surface area contributed by atoms with Gasteiger partial charge in [-0.15, -0.1) is 24.8 Å². The number of carboxylic acids is 1. The summed E-state index contributed by atoms with van der Waals surface area (Å²) in [7, 11) is 0. The molecule has 13 heteroatoms. The molecule has 0 unspecified atom stereocenters. The Kier molecular flexibility index (Phi) is 11.4. The molecule has 1 aliphatic rings. The fourth-order valence-electron chi connectivity index (χ4n) is 3.76. The molecule has 0 saturated carbocycles. The molecule has 2 aromatic carbocycles. The molecule has 10 N–H and O–H groups in total. The predicted molar refractivity (Wildman–Crippen MR) is 136 cm³/mol. The highest BCUT2D eigenvalue weighted by molar-refractivity contribution is 5.92. The lowest BCUT2D eigenvalue weighted by Gasteiger charge is -2.24. The van der Waals surface area contributed by atoms with Gasteiger partial charge in [0.15, 0.2) is 0 Å². The number of nitrogens with one attached hydrogen (secondary N) is 2. The molecule has 198 valence electrons. The van der Waals surface area contributed by atoms with Gasteiger partial charge < -0.3 is 42.5 Å². The van der Waals surface area contributed by atoms with E-state index in [-0.39, 0.29) is 67.7 Å². The van der Waals surface area contributed by atoms with E-state index in [0.29, 0.717) is 16.7 Å². The molecule has 0 radical (unpaired) electrons. The quantitative estimate of drug-likeness (QED) is 0.255. The van der Waals surface area contributed by atoms with Crippen molar-refractivity contribution < 1.29 is 34.8 Å². The summed E-state index contributed by atoms with van der Waals surface area (Å²) < 4.78 is 0. The normalized spacial score (nSPS) is 20.8. The van der Waals surface area contributed by atoms with E-state index < -0.39 is 42.0 Å². The van der Waals surface area contributed by atoms with Gasteiger partial charge in [0.25, 0.3) is 0 Å².